The van der Waals surface area contributed by atoms with Crippen molar-refractivity contribution in [2.75, 3.05) is 13.1 Å². The fourth-order valence-corrected chi connectivity index (χ4v) is 3.09. The molecule has 1 N–H and O–H groups in total. The number of hydrogen-bond acceptors (Lipinski definition) is 2. The van der Waals surface area contributed by atoms with Crippen molar-refractivity contribution in [3.63, 3.8) is 0 Å². The number of hydrogen-bond donors (Lipinski definition) is 1. The summed E-state index contributed by atoms with van der Waals surface area (Å²) >= 11 is 5.88. The van der Waals surface area contributed by atoms with Gasteiger partial charge in [0.05, 0.1) is 5.02 Å². The smallest absolute Gasteiger partial charge is 0.141 e. The molecule has 2 nitrogen and oxygen atoms in total. The molecule has 0 amide bonds. The normalized spacial score (nSPS) is 25.6. The van der Waals surface area contributed by atoms with Gasteiger partial charge in [0.25, 0.3) is 0 Å². The van der Waals surface area contributed by atoms with Gasteiger partial charge >= 0.3 is 0 Å². The van der Waals surface area contributed by atoms with Crippen molar-refractivity contribution < 1.29 is 4.39 Å². The molecule has 0 bridgehead atoms. The quantitative estimate of drug-likeness (QED) is 0.912. The van der Waals surface area contributed by atoms with Gasteiger partial charge in [-0.15, -0.1) is 0 Å². The Labute approximate surface area is 126 Å². The molecule has 0 radical (unpaired) electrons. The molecule has 20 heavy (non-hydrogen) atoms. The van der Waals surface area contributed by atoms with Gasteiger partial charge in [0.15, 0.2) is 0 Å². The first-order chi connectivity index (χ1) is 9.51. The van der Waals surface area contributed by atoms with Crippen LogP contribution in [0.15, 0.2) is 18.2 Å². The molecular formula is C16H24ClFN2. The minimum Gasteiger partial charge on any atom is -0.311 e. The minimum atomic E-state index is -0.345. The van der Waals surface area contributed by atoms with Crippen LogP contribution in [0, 0.1) is 11.7 Å². The summed E-state index contributed by atoms with van der Waals surface area (Å²) in [6.45, 7) is 9.61. The highest BCUT2D eigenvalue weighted by Gasteiger charge is 2.29. The first kappa shape index (κ1) is 15.7. The summed E-state index contributed by atoms with van der Waals surface area (Å²) in [6.07, 6.45) is 1.17. The Morgan fingerprint density at radius 3 is 2.90 bits per heavy atom. The lowest BCUT2D eigenvalue weighted by Gasteiger charge is -2.42. The molecule has 4 heteroatoms. The van der Waals surface area contributed by atoms with Gasteiger partial charge in [-0.05, 0) is 30.5 Å². The number of rotatable bonds is 4. The van der Waals surface area contributed by atoms with Crippen molar-refractivity contribution >= 4 is 11.6 Å². The minimum absolute atomic E-state index is 0.214. The fourth-order valence-electron chi connectivity index (χ4n) is 2.89. The molecule has 1 saturated heterocycles. The van der Waals surface area contributed by atoms with Crippen LogP contribution in [0.5, 0.6) is 0 Å². The summed E-state index contributed by atoms with van der Waals surface area (Å²) in [5, 5.41) is 3.77. The third-order valence-electron chi connectivity index (χ3n) is 4.32. The van der Waals surface area contributed by atoms with E-state index in [0.29, 0.717) is 18.0 Å². The second-order valence-corrected chi connectivity index (χ2v) is 6.35. The Bertz CT molecular complexity index is 452. The second-order valence-electron chi connectivity index (χ2n) is 5.94. The maximum atomic E-state index is 13.2. The van der Waals surface area contributed by atoms with Crippen molar-refractivity contribution in [3.05, 3.63) is 34.6 Å². The maximum absolute atomic E-state index is 13.2. The number of halogens is 2. The van der Waals surface area contributed by atoms with Crippen molar-refractivity contribution in [2.45, 2.75) is 45.8 Å². The van der Waals surface area contributed by atoms with E-state index in [2.05, 4.69) is 31.0 Å². The van der Waals surface area contributed by atoms with E-state index in [0.717, 1.165) is 25.2 Å². The van der Waals surface area contributed by atoms with E-state index in [1.807, 2.05) is 6.07 Å². The van der Waals surface area contributed by atoms with Gasteiger partial charge in [-0.3, -0.25) is 4.90 Å². The molecule has 0 aromatic heterocycles. The molecule has 112 valence electrons. The zero-order valence-electron chi connectivity index (χ0n) is 12.5. The number of nitrogens with zero attached hydrogens (tertiary/aromatic N) is 1. The van der Waals surface area contributed by atoms with Gasteiger partial charge < -0.3 is 5.32 Å². The fraction of sp³-hybridized carbons (Fsp3) is 0.625. The average molecular weight is 299 g/mol. The van der Waals surface area contributed by atoms with Crippen LogP contribution < -0.4 is 5.32 Å². The topological polar surface area (TPSA) is 15.3 Å². The maximum Gasteiger partial charge on any atom is 0.141 e. The molecule has 1 aliphatic heterocycles. The Morgan fingerprint density at radius 2 is 2.25 bits per heavy atom. The molecule has 1 aromatic carbocycles. The summed E-state index contributed by atoms with van der Waals surface area (Å²) in [4.78, 5) is 2.50. The summed E-state index contributed by atoms with van der Waals surface area (Å²) in [5.41, 5.74) is 1.08. The highest BCUT2D eigenvalue weighted by Crippen LogP contribution is 2.22. The van der Waals surface area contributed by atoms with E-state index in [1.54, 1.807) is 6.07 Å². The van der Waals surface area contributed by atoms with E-state index in [-0.39, 0.29) is 10.8 Å². The highest BCUT2D eigenvalue weighted by atomic mass is 35.5. The van der Waals surface area contributed by atoms with Crippen molar-refractivity contribution in [1.82, 2.24) is 10.2 Å². The Kier molecular flexibility index (Phi) is 5.42. The average Bonchev–Trinajstić information content (AvgIpc) is 2.42. The SMILES string of the molecule is CCC(C)C1CNC(C)CN1Cc1ccc(F)c(Cl)c1. The van der Waals surface area contributed by atoms with Crippen molar-refractivity contribution in [2.24, 2.45) is 5.92 Å². The van der Waals surface area contributed by atoms with Gasteiger partial charge in [-0.1, -0.05) is 37.9 Å². The van der Waals surface area contributed by atoms with Crippen LogP contribution in [0.25, 0.3) is 0 Å². The Morgan fingerprint density at radius 1 is 1.50 bits per heavy atom. The van der Waals surface area contributed by atoms with Crippen LogP contribution in [-0.2, 0) is 6.54 Å². The molecular weight excluding hydrogens is 275 g/mol. The van der Waals surface area contributed by atoms with Crippen LogP contribution in [0.3, 0.4) is 0 Å². The Hall–Kier alpha value is -0.640. The van der Waals surface area contributed by atoms with E-state index in [1.165, 1.54) is 12.5 Å². The molecule has 1 fully saturated rings. The van der Waals surface area contributed by atoms with E-state index in [4.69, 9.17) is 11.6 Å². The van der Waals surface area contributed by atoms with Crippen LogP contribution in [0.1, 0.15) is 32.8 Å². The summed E-state index contributed by atoms with van der Waals surface area (Å²) in [5.74, 6) is 0.300. The molecule has 0 saturated carbocycles. The zero-order valence-corrected chi connectivity index (χ0v) is 13.3. The third-order valence-corrected chi connectivity index (χ3v) is 4.61. The first-order valence-corrected chi connectivity index (χ1v) is 7.80. The molecule has 1 aliphatic rings. The monoisotopic (exact) mass is 298 g/mol. The zero-order chi connectivity index (χ0) is 14.7. The lowest BCUT2D eigenvalue weighted by molar-refractivity contribution is 0.0885. The highest BCUT2D eigenvalue weighted by molar-refractivity contribution is 6.30. The number of benzene rings is 1. The largest absolute Gasteiger partial charge is 0.311 e. The molecule has 0 spiro atoms. The summed E-state index contributed by atoms with van der Waals surface area (Å²) < 4.78 is 13.2. The van der Waals surface area contributed by atoms with Crippen molar-refractivity contribution in [1.29, 1.82) is 0 Å². The second kappa shape index (κ2) is 6.88. The van der Waals surface area contributed by atoms with E-state index < -0.39 is 0 Å². The van der Waals surface area contributed by atoms with Gasteiger partial charge in [-0.2, -0.15) is 0 Å². The van der Waals surface area contributed by atoms with Crippen LogP contribution in [0.2, 0.25) is 5.02 Å². The van der Waals surface area contributed by atoms with Crippen LogP contribution in [0.4, 0.5) is 4.39 Å². The first-order valence-electron chi connectivity index (χ1n) is 7.42. The van der Waals surface area contributed by atoms with E-state index in [9.17, 15) is 4.39 Å². The van der Waals surface area contributed by atoms with Gasteiger partial charge in [-0.25, -0.2) is 4.39 Å². The number of piperazine rings is 1. The predicted molar refractivity (Wildman–Crippen MR) is 82.5 cm³/mol. The van der Waals surface area contributed by atoms with Gasteiger partial charge in [0, 0.05) is 31.7 Å². The van der Waals surface area contributed by atoms with Gasteiger partial charge in [0.1, 0.15) is 5.82 Å². The third kappa shape index (κ3) is 3.72. The molecule has 3 atom stereocenters. The molecule has 0 aliphatic carbocycles. The lowest BCUT2D eigenvalue weighted by Crippen LogP contribution is -2.57. The lowest BCUT2D eigenvalue weighted by atomic mass is 9.94. The molecule has 1 aromatic rings. The van der Waals surface area contributed by atoms with Gasteiger partial charge in [0.2, 0.25) is 0 Å². The summed E-state index contributed by atoms with van der Waals surface area (Å²) in [7, 11) is 0. The molecule has 3 unspecified atom stereocenters. The predicted octanol–water partition coefficient (Wildman–Crippen LogP) is 3.69. The van der Waals surface area contributed by atoms with Crippen LogP contribution in [-0.4, -0.2) is 30.1 Å². The summed E-state index contributed by atoms with van der Waals surface area (Å²) in [6, 6.07) is 6.06. The van der Waals surface area contributed by atoms with E-state index >= 15 is 0 Å². The van der Waals surface area contributed by atoms with Crippen LogP contribution >= 0.6 is 11.6 Å². The van der Waals surface area contributed by atoms with Crippen molar-refractivity contribution in [3.8, 4) is 0 Å². The number of nitrogens with one attached hydrogen (secondary N) is 1. The standard InChI is InChI=1S/C16H24ClFN2/c1-4-11(2)16-8-19-12(3)9-20(16)10-13-5-6-15(18)14(17)7-13/h5-7,11-12,16,19H,4,8-10H2,1-3H3. The molecule has 2 rings (SSSR count). The Balaban J connectivity index is 2.12. The molecule has 1 heterocycles.